The van der Waals surface area contributed by atoms with E-state index in [1.807, 2.05) is 0 Å². The first-order valence-electron chi connectivity index (χ1n) is 4.18. The molecule has 0 aliphatic rings. The van der Waals surface area contributed by atoms with Crippen LogP contribution in [0, 0.1) is 0 Å². The predicted molar refractivity (Wildman–Crippen MR) is 51.2 cm³/mol. The van der Waals surface area contributed by atoms with Gasteiger partial charge in [0.25, 0.3) is 0 Å². The number of nitrogens with zero attached hydrogens (tertiary/aromatic N) is 1. The maximum atomic E-state index is 11.2. The maximum absolute atomic E-state index is 11.2. The fourth-order valence-electron chi connectivity index (χ4n) is 0.931. The van der Waals surface area contributed by atoms with Gasteiger partial charge in [0.15, 0.2) is 0 Å². The minimum absolute atomic E-state index is 0.229. The van der Waals surface area contributed by atoms with Crippen LogP contribution in [0.25, 0.3) is 0 Å². The van der Waals surface area contributed by atoms with Crippen LogP contribution in [0.2, 0.25) is 6.04 Å². The lowest BCUT2D eigenvalue weighted by molar-refractivity contribution is -0.149. The molecule has 0 atom stereocenters. The predicted octanol–water partition coefficient (Wildman–Crippen LogP) is -1.84. The Morgan fingerprint density at radius 3 is 1.79 bits per heavy atom. The maximum Gasteiger partial charge on any atom is 0.323 e. The van der Waals surface area contributed by atoms with Gasteiger partial charge < -0.3 is 15.1 Å². The van der Waals surface area contributed by atoms with E-state index in [-0.39, 0.29) is 6.42 Å². The number of rotatable bonds is 6. The van der Waals surface area contributed by atoms with Gasteiger partial charge in [-0.2, -0.15) is 0 Å². The Morgan fingerprint density at radius 2 is 1.50 bits per heavy atom. The highest BCUT2D eigenvalue weighted by atomic mass is 28.1. The molecule has 80 valence electrons. The highest BCUT2D eigenvalue weighted by Crippen LogP contribution is 1.96. The Kier molecular flexibility index (Phi) is 5.54. The zero-order valence-electron chi connectivity index (χ0n) is 7.89. The second-order valence-electron chi connectivity index (χ2n) is 2.79. The average molecular weight is 219 g/mol. The fourth-order valence-corrected chi connectivity index (χ4v) is 1.36. The van der Waals surface area contributed by atoms with Crippen molar-refractivity contribution in [2.45, 2.75) is 12.5 Å². The highest BCUT2D eigenvalue weighted by molar-refractivity contribution is 6.10. The summed E-state index contributed by atoms with van der Waals surface area (Å²) in [5.41, 5.74) is 0. The largest absolute Gasteiger partial charge is 0.480 e. The molecule has 2 N–H and O–H groups in total. The lowest BCUT2D eigenvalue weighted by Crippen LogP contribution is -2.39. The Morgan fingerprint density at radius 1 is 1.07 bits per heavy atom. The molecule has 0 aliphatic carbocycles. The molecule has 0 bridgehead atoms. The quantitative estimate of drug-likeness (QED) is 0.512. The van der Waals surface area contributed by atoms with Crippen LogP contribution in [-0.2, 0) is 14.4 Å². The third kappa shape index (κ3) is 5.30. The van der Waals surface area contributed by atoms with Crippen LogP contribution in [0.4, 0.5) is 0 Å². The summed E-state index contributed by atoms with van der Waals surface area (Å²) in [5.74, 6) is -2.81. The van der Waals surface area contributed by atoms with Crippen LogP contribution in [-0.4, -0.2) is 56.3 Å². The molecule has 7 heteroatoms. The molecule has 0 aromatic carbocycles. The first-order chi connectivity index (χ1) is 6.47. The molecule has 0 saturated carbocycles. The van der Waals surface area contributed by atoms with E-state index in [0.717, 1.165) is 15.1 Å². The van der Waals surface area contributed by atoms with E-state index in [1.165, 1.54) is 0 Å². The summed E-state index contributed by atoms with van der Waals surface area (Å²) in [5, 5.41) is 16.9. The second kappa shape index (κ2) is 6.14. The van der Waals surface area contributed by atoms with Crippen molar-refractivity contribution in [2.24, 2.45) is 0 Å². The molecule has 0 aromatic heterocycles. The zero-order valence-corrected chi connectivity index (χ0v) is 9.89. The summed E-state index contributed by atoms with van der Waals surface area (Å²) in [7, 11) is 0.838. The van der Waals surface area contributed by atoms with Crippen molar-refractivity contribution in [3.63, 3.8) is 0 Å². The molecule has 0 rings (SSSR count). The first kappa shape index (κ1) is 12.6. The third-order valence-electron chi connectivity index (χ3n) is 1.47. The van der Waals surface area contributed by atoms with E-state index in [0.29, 0.717) is 6.04 Å². The van der Waals surface area contributed by atoms with Crippen LogP contribution < -0.4 is 0 Å². The Balaban J connectivity index is 4.29. The first-order valence-corrected chi connectivity index (χ1v) is 5.60. The van der Waals surface area contributed by atoms with Crippen molar-refractivity contribution in [1.82, 2.24) is 4.90 Å². The van der Waals surface area contributed by atoms with Crippen molar-refractivity contribution in [2.75, 3.05) is 13.1 Å². The van der Waals surface area contributed by atoms with E-state index in [1.54, 1.807) is 0 Å². The normalized spacial score (nSPS) is 9.71. The van der Waals surface area contributed by atoms with Gasteiger partial charge in [-0.05, 0) is 0 Å². The number of hydrogen-bond acceptors (Lipinski definition) is 3. The summed E-state index contributed by atoms with van der Waals surface area (Å²) >= 11 is 0. The van der Waals surface area contributed by atoms with Gasteiger partial charge in [-0.3, -0.25) is 14.4 Å². The summed E-state index contributed by atoms with van der Waals surface area (Å²) in [4.78, 5) is 32.7. The van der Waals surface area contributed by atoms with Crippen molar-refractivity contribution >= 4 is 28.1 Å². The highest BCUT2D eigenvalue weighted by Gasteiger charge is 2.18. The van der Waals surface area contributed by atoms with Gasteiger partial charge in [-0.25, -0.2) is 0 Å². The smallest absolute Gasteiger partial charge is 0.323 e. The minimum Gasteiger partial charge on any atom is -0.480 e. The zero-order chi connectivity index (χ0) is 11.1. The number of carbonyl (C=O) groups excluding carboxylic acids is 1. The fraction of sp³-hybridized carbons (Fsp3) is 0.571. The van der Waals surface area contributed by atoms with Gasteiger partial charge in [0.2, 0.25) is 5.91 Å². The van der Waals surface area contributed by atoms with Gasteiger partial charge in [0, 0.05) is 16.7 Å². The van der Waals surface area contributed by atoms with E-state index < -0.39 is 30.9 Å². The third-order valence-corrected chi connectivity index (χ3v) is 1.97. The number of aliphatic carboxylic acids is 2. The molecule has 1 amide bonds. The van der Waals surface area contributed by atoms with Gasteiger partial charge in [-0.1, -0.05) is 6.04 Å². The van der Waals surface area contributed by atoms with E-state index in [2.05, 4.69) is 0 Å². The lowest BCUT2D eigenvalue weighted by atomic mass is 10.3. The number of carboxylic acids is 2. The van der Waals surface area contributed by atoms with E-state index in [9.17, 15) is 14.4 Å². The SMILES string of the molecule is O=C(O)CN(CC(=O)O)C(=O)CC[SiH3]. The van der Waals surface area contributed by atoms with Crippen molar-refractivity contribution in [1.29, 1.82) is 0 Å². The molecule has 0 fully saturated rings. The molecule has 0 saturated heterocycles. The van der Waals surface area contributed by atoms with Crippen LogP contribution in [0.1, 0.15) is 6.42 Å². The minimum atomic E-state index is -1.20. The van der Waals surface area contributed by atoms with Crippen LogP contribution in [0.3, 0.4) is 0 Å². The Hall–Kier alpha value is -1.37. The van der Waals surface area contributed by atoms with Gasteiger partial charge in [0.1, 0.15) is 13.1 Å². The monoisotopic (exact) mass is 219 g/mol. The molecule has 0 unspecified atom stereocenters. The van der Waals surface area contributed by atoms with E-state index in [4.69, 9.17) is 10.2 Å². The molecule has 0 heterocycles. The summed E-state index contributed by atoms with van der Waals surface area (Å²) in [6, 6.07) is 0.703. The van der Waals surface area contributed by atoms with Crippen LogP contribution in [0.5, 0.6) is 0 Å². The Bertz CT molecular complexity index is 226. The van der Waals surface area contributed by atoms with Gasteiger partial charge in [-0.15, -0.1) is 0 Å². The average Bonchev–Trinajstić information content (AvgIpc) is 2.01. The molecule has 0 aromatic rings. The van der Waals surface area contributed by atoms with Crippen LogP contribution in [0.15, 0.2) is 0 Å². The summed E-state index contributed by atoms with van der Waals surface area (Å²) in [6.07, 6.45) is 0.229. The summed E-state index contributed by atoms with van der Waals surface area (Å²) < 4.78 is 0. The number of carbonyl (C=O) groups is 3. The molecule has 0 radical (unpaired) electrons. The van der Waals surface area contributed by atoms with Crippen molar-refractivity contribution < 1.29 is 24.6 Å². The molecule has 0 spiro atoms. The van der Waals surface area contributed by atoms with E-state index >= 15 is 0 Å². The van der Waals surface area contributed by atoms with Crippen LogP contribution >= 0.6 is 0 Å². The van der Waals surface area contributed by atoms with Gasteiger partial charge in [0.05, 0.1) is 0 Å². The molecular formula is C7H13NO5Si. The van der Waals surface area contributed by atoms with Crippen molar-refractivity contribution in [3.05, 3.63) is 0 Å². The number of hydrogen-bond donors (Lipinski definition) is 2. The molecule has 14 heavy (non-hydrogen) atoms. The molecular weight excluding hydrogens is 206 g/mol. The summed E-state index contributed by atoms with van der Waals surface area (Å²) in [6.45, 7) is -1.10. The second-order valence-corrected chi connectivity index (χ2v) is 3.79. The standard InChI is InChI=1S/C7H13NO5Si/c9-5(1-2-14)8(3-6(10)11)4-7(12)13/h1-4H2,14H3,(H,10,11)(H,12,13). The van der Waals surface area contributed by atoms with Crippen molar-refractivity contribution in [3.8, 4) is 0 Å². The number of amides is 1. The Labute approximate surface area is 83.9 Å². The topological polar surface area (TPSA) is 94.9 Å². The molecule has 6 nitrogen and oxygen atoms in total. The lowest BCUT2D eigenvalue weighted by Gasteiger charge is -2.17. The van der Waals surface area contributed by atoms with Gasteiger partial charge >= 0.3 is 11.9 Å². The molecule has 0 aliphatic heterocycles. The number of carboxylic acid groups (broad SMARTS) is 2.